The fourth-order valence-corrected chi connectivity index (χ4v) is 1.80. The van der Waals surface area contributed by atoms with Crippen molar-refractivity contribution in [2.45, 2.75) is 12.2 Å². The van der Waals surface area contributed by atoms with Crippen LogP contribution in [0, 0.1) is 0 Å². The number of carbonyl (C=O) groups excluding carboxylic acids is 1. The molecule has 0 radical (unpaired) electrons. The van der Waals surface area contributed by atoms with E-state index in [1.807, 2.05) is 0 Å². The summed E-state index contributed by atoms with van der Waals surface area (Å²) in [6.45, 7) is 1.13. The van der Waals surface area contributed by atoms with E-state index in [2.05, 4.69) is 4.98 Å². The Morgan fingerprint density at radius 1 is 1.44 bits per heavy atom. The molecular formula is C11H11F3N2O2. The number of pyridine rings is 1. The second-order valence-electron chi connectivity index (χ2n) is 3.91. The van der Waals surface area contributed by atoms with E-state index in [1.54, 1.807) is 0 Å². The molecule has 1 aromatic rings. The highest BCUT2D eigenvalue weighted by Gasteiger charge is 2.32. The van der Waals surface area contributed by atoms with Crippen LogP contribution in [-0.4, -0.2) is 36.1 Å². The Kier molecular flexibility index (Phi) is 3.51. The van der Waals surface area contributed by atoms with Crippen molar-refractivity contribution >= 4 is 6.41 Å². The molecule has 4 nitrogen and oxygen atoms in total. The molecule has 0 aromatic carbocycles. The van der Waals surface area contributed by atoms with Gasteiger partial charge in [-0.15, -0.1) is 0 Å². The van der Waals surface area contributed by atoms with Crippen LogP contribution in [0.15, 0.2) is 18.3 Å². The minimum Gasteiger partial charge on any atom is -0.377 e. The number of morpholine rings is 1. The minimum atomic E-state index is -4.45. The summed E-state index contributed by atoms with van der Waals surface area (Å²) in [5.41, 5.74) is -0.407. The van der Waals surface area contributed by atoms with Gasteiger partial charge in [0, 0.05) is 12.7 Å². The van der Waals surface area contributed by atoms with E-state index in [1.165, 1.54) is 11.0 Å². The van der Waals surface area contributed by atoms with Crippen molar-refractivity contribution in [3.05, 3.63) is 29.6 Å². The van der Waals surface area contributed by atoms with E-state index in [4.69, 9.17) is 4.74 Å². The number of ether oxygens (including phenoxy) is 1. The first-order valence-corrected chi connectivity index (χ1v) is 5.34. The van der Waals surface area contributed by atoms with Gasteiger partial charge in [-0.05, 0) is 11.6 Å². The lowest BCUT2D eigenvalue weighted by atomic mass is 10.1. The standard InChI is InChI=1S/C11H11F3N2O2/c12-11(13,14)10-2-1-8(5-15-10)9-6-18-4-3-16(9)7-17/h1-2,5,7,9H,3-4,6H2. The van der Waals surface area contributed by atoms with Crippen molar-refractivity contribution in [1.82, 2.24) is 9.88 Å². The lowest BCUT2D eigenvalue weighted by molar-refractivity contribution is -0.141. The highest BCUT2D eigenvalue weighted by Crippen LogP contribution is 2.29. The number of alkyl halides is 3. The van der Waals surface area contributed by atoms with Crippen molar-refractivity contribution in [2.24, 2.45) is 0 Å². The molecule has 18 heavy (non-hydrogen) atoms. The maximum atomic E-state index is 12.4. The largest absolute Gasteiger partial charge is 0.433 e. The third kappa shape index (κ3) is 2.61. The molecule has 0 aliphatic carbocycles. The van der Waals surface area contributed by atoms with Crippen LogP contribution < -0.4 is 0 Å². The predicted molar refractivity (Wildman–Crippen MR) is 55.6 cm³/mol. The molecule has 1 atom stereocenters. The first-order chi connectivity index (χ1) is 8.52. The normalized spacial score (nSPS) is 20.8. The van der Waals surface area contributed by atoms with Gasteiger partial charge in [0.25, 0.3) is 0 Å². The Morgan fingerprint density at radius 3 is 2.78 bits per heavy atom. The number of hydrogen-bond acceptors (Lipinski definition) is 3. The van der Waals surface area contributed by atoms with Gasteiger partial charge in [-0.2, -0.15) is 13.2 Å². The topological polar surface area (TPSA) is 42.4 Å². The number of carbonyl (C=O) groups is 1. The molecule has 2 heterocycles. The lowest BCUT2D eigenvalue weighted by Crippen LogP contribution is -2.38. The highest BCUT2D eigenvalue weighted by atomic mass is 19.4. The summed E-state index contributed by atoms with van der Waals surface area (Å²) in [4.78, 5) is 15.7. The van der Waals surface area contributed by atoms with Crippen molar-refractivity contribution in [3.8, 4) is 0 Å². The molecule has 1 amide bonds. The second-order valence-corrected chi connectivity index (χ2v) is 3.91. The highest BCUT2D eigenvalue weighted by molar-refractivity contribution is 5.49. The fraction of sp³-hybridized carbons (Fsp3) is 0.455. The van der Waals surface area contributed by atoms with E-state index in [-0.39, 0.29) is 12.6 Å². The Bertz CT molecular complexity index is 419. The first kappa shape index (κ1) is 12.8. The Labute approximate surface area is 101 Å². The smallest absolute Gasteiger partial charge is 0.377 e. The van der Waals surface area contributed by atoms with Crippen molar-refractivity contribution in [2.75, 3.05) is 19.8 Å². The molecule has 0 bridgehead atoms. The minimum absolute atomic E-state index is 0.270. The quantitative estimate of drug-likeness (QED) is 0.759. The number of aromatic nitrogens is 1. The van der Waals surface area contributed by atoms with Gasteiger partial charge in [0.05, 0.1) is 19.3 Å². The van der Waals surface area contributed by atoms with Crippen molar-refractivity contribution in [1.29, 1.82) is 0 Å². The zero-order valence-electron chi connectivity index (χ0n) is 9.35. The summed E-state index contributed by atoms with van der Waals surface area (Å²) >= 11 is 0. The first-order valence-electron chi connectivity index (χ1n) is 5.34. The maximum Gasteiger partial charge on any atom is 0.433 e. The van der Waals surface area contributed by atoms with Crippen LogP contribution in [-0.2, 0) is 15.7 Å². The summed E-state index contributed by atoms with van der Waals surface area (Å²) in [7, 11) is 0. The van der Waals surface area contributed by atoms with Gasteiger partial charge in [0.15, 0.2) is 0 Å². The number of halogens is 3. The van der Waals surface area contributed by atoms with Gasteiger partial charge in [-0.25, -0.2) is 0 Å². The van der Waals surface area contributed by atoms with Crippen molar-refractivity contribution < 1.29 is 22.7 Å². The molecule has 1 unspecified atom stereocenters. The summed E-state index contributed by atoms with van der Waals surface area (Å²) in [5, 5.41) is 0. The van der Waals surface area contributed by atoms with Crippen LogP contribution in [0.3, 0.4) is 0 Å². The molecule has 1 aliphatic heterocycles. The molecule has 98 valence electrons. The van der Waals surface area contributed by atoms with E-state index < -0.39 is 11.9 Å². The summed E-state index contributed by atoms with van der Waals surface area (Å²) in [6, 6.07) is 1.87. The van der Waals surface area contributed by atoms with Gasteiger partial charge in [0.1, 0.15) is 5.69 Å². The molecule has 1 saturated heterocycles. The van der Waals surface area contributed by atoms with Gasteiger partial charge < -0.3 is 9.64 Å². The van der Waals surface area contributed by atoms with Crippen molar-refractivity contribution in [3.63, 3.8) is 0 Å². The van der Waals surface area contributed by atoms with E-state index in [0.717, 1.165) is 12.3 Å². The molecule has 0 spiro atoms. The third-order valence-corrected chi connectivity index (χ3v) is 2.77. The van der Waals surface area contributed by atoms with E-state index in [9.17, 15) is 18.0 Å². The Hall–Kier alpha value is -1.63. The third-order valence-electron chi connectivity index (χ3n) is 2.77. The van der Waals surface area contributed by atoms with E-state index >= 15 is 0 Å². The number of nitrogens with zero attached hydrogens (tertiary/aromatic N) is 2. The molecule has 2 rings (SSSR count). The van der Waals surface area contributed by atoms with E-state index in [0.29, 0.717) is 25.1 Å². The summed E-state index contributed by atoms with van der Waals surface area (Å²) in [6.07, 6.45) is -2.64. The van der Waals surface area contributed by atoms with Gasteiger partial charge in [-0.1, -0.05) is 6.07 Å². The molecule has 0 saturated carbocycles. The molecular weight excluding hydrogens is 249 g/mol. The van der Waals surface area contributed by atoms with Crippen LogP contribution in [0.5, 0.6) is 0 Å². The zero-order chi connectivity index (χ0) is 13.2. The Balaban J connectivity index is 2.20. The van der Waals surface area contributed by atoms with Crippen LogP contribution in [0.4, 0.5) is 13.2 Å². The fourth-order valence-electron chi connectivity index (χ4n) is 1.80. The molecule has 1 aliphatic rings. The monoisotopic (exact) mass is 260 g/mol. The molecule has 7 heteroatoms. The van der Waals surface area contributed by atoms with Crippen LogP contribution >= 0.6 is 0 Å². The van der Waals surface area contributed by atoms with Crippen LogP contribution in [0.2, 0.25) is 0 Å². The summed E-state index contributed by atoms with van der Waals surface area (Å²) in [5.74, 6) is 0. The van der Waals surface area contributed by atoms with Gasteiger partial charge in [-0.3, -0.25) is 9.78 Å². The van der Waals surface area contributed by atoms with Crippen LogP contribution in [0.25, 0.3) is 0 Å². The Morgan fingerprint density at radius 2 is 2.22 bits per heavy atom. The number of hydrogen-bond donors (Lipinski definition) is 0. The zero-order valence-corrected chi connectivity index (χ0v) is 9.35. The average Bonchev–Trinajstić information content (AvgIpc) is 2.38. The molecule has 1 fully saturated rings. The maximum absolute atomic E-state index is 12.4. The van der Waals surface area contributed by atoms with Gasteiger partial charge >= 0.3 is 6.18 Å². The lowest BCUT2D eigenvalue weighted by Gasteiger charge is -2.32. The molecule has 1 aromatic heterocycles. The summed E-state index contributed by atoms with van der Waals surface area (Å²) < 4.78 is 42.3. The predicted octanol–water partition coefficient (Wildman–Crippen LogP) is 1.63. The second kappa shape index (κ2) is 4.93. The average molecular weight is 260 g/mol. The SMILES string of the molecule is O=CN1CCOCC1c1ccc(C(F)(F)F)nc1. The number of amides is 1. The van der Waals surface area contributed by atoms with Gasteiger partial charge in [0.2, 0.25) is 6.41 Å². The molecule has 0 N–H and O–H groups in total. The number of rotatable bonds is 2. The van der Waals surface area contributed by atoms with Crippen LogP contribution in [0.1, 0.15) is 17.3 Å².